The van der Waals surface area contributed by atoms with Crippen LogP contribution in [0.25, 0.3) is 0 Å². The average Bonchev–Trinajstić information content (AvgIpc) is 2.47. The predicted octanol–water partition coefficient (Wildman–Crippen LogP) is 1.77. The zero-order chi connectivity index (χ0) is 11.6. The lowest BCUT2D eigenvalue weighted by Crippen LogP contribution is -2.44. The highest BCUT2D eigenvalue weighted by Crippen LogP contribution is 2.22. The molecule has 4 heteroatoms. The average molecular weight is 215 g/mol. The summed E-state index contributed by atoms with van der Waals surface area (Å²) in [4.78, 5) is 13.4. The van der Waals surface area contributed by atoms with Gasteiger partial charge in [0.25, 0.3) is 0 Å². The molecule has 0 bridgehead atoms. The topological polar surface area (TPSA) is 49.8 Å². The third-order valence-corrected chi connectivity index (χ3v) is 2.48. The summed E-state index contributed by atoms with van der Waals surface area (Å²) in [5, 5.41) is 9.52. The maximum Gasteiger partial charge on any atom is 0.410 e. The van der Waals surface area contributed by atoms with Gasteiger partial charge in [0.2, 0.25) is 0 Å². The Bertz CT molecular complexity index is 232. The van der Waals surface area contributed by atoms with Crippen LogP contribution in [-0.2, 0) is 4.74 Å². The number of aliphatic hydroxyl groups excluding tert-OH is 1. The van der Waals surface area contributed by atoms with E-state index in [1.54, 1.807) is 11.8 Å². The minimum Gasteiger partial charge on any atom is -0.444 e. The number of likely N-dealkylation sites (tertiary alicyclic amines) is 1. The second-order valence-corrected chi connectivity index (χ2v) is 5.12. The third kappa shape index (κ3) is 3.38. The molecule has 1 aliphatic heterocycles. The molecule has 1 fully saturated rings. The van der Waals surface area contributed by atoms with Crippen molar-refractivity contribution < 1.29 is 14.6 Å². The van der Waals surface area contributed by atoms with E-state index in [4.69, 9.17) is 4.74 Å². The molecule has 1 saturated heterocycles. The van der Waals surface area contributed by atoms with Crippen LogP contribution in [-0.4, -0.2) is 40.4 Å². The molecule has 2 atom stereocenters. The monoisotopic (exact) mass is 215 g/mol. The normalized spacial score (nSPS) is 24.1. The van der Waals surface area contributed by atoms with Crippen molar-refractivity contribution >= 4 is 6.09 Å². The van der Waals surface area contributed by atoms with E-state index in [1.807, 2.05) is 20.8 Å². The van der Waals surface area contributed by atoms with Crippen LogP contribution in [0, 0.1) is 0 Å². The number of carbonyl (C=O) groups excluding carboxylic acids is 1. The quantitative estimate of drug-likeness (QED) is 0.725. The van der Waals surface area contributed by atoms with Crippen LogP contribution in [0.5, 0.6) is 0 Å². The highest BCUT2D eigenvalue weighted by molar-refractivity contribution is 5.69. The molecule has 0 aromatic heterocycles. The van der Waals surface area contributed by atoms with Gasteiger partial charge in [-0.3, -0.25) is 0 Å². The van der Waals surface area contributed by atoms with Crippen LogP contribution in [0.15, 0.2) is 0 Å². The first-order chi connectivity index (χ1) is 6.81. The summed E-state index contributed by atoms with van der Waals surface area (Å²) < 4.78 is 5.28. The zero-order valence-corrected chi connectivity index (χ0v) is 9.99. The van der Waals surface area contributed by atoms with Crippen LogP contribution in [0.3, 0.4) is 0 Å². The molecule has 0 aliphatic carbocycles. The van der Waals surface area contributed by atoms with Crippen molar-refractivity contribution in [2.75, 3.05) is 6.54 Å². The van der Waals surface area contributed by atoms with Gasteiger partial charge in [-0.1, -0.05) is 0 Å². The molecule has 0 aromatic carbocycles. The summed E-state index contributed by atoms with van der Waals surface area (Å²) in [6, 6.07) is -0.0835. The van der Waals surface area contributed by atoms with Gasteiger partial charge < -0.3 is 14.7 Å². The molecule has 88 valence electrons. The number of rotatable bonds is 1. The minimum atomic E-state index is -0.486. The Morgan fingerprint density at radius 3 is 2.60 bits per heavy atom. The number of carbonyl (C=O) groups is 1. The molecule has 15 heavy (non-hydrogen) atoms. The van der Waals surface area contributed by atoms with Crippen molar-refractivity contribution in [2.24, 2.45) is 0 Å². The van der Waals surface area contributed by atoms with Gasteiger partial charge in [0.1, 0.15) is 5.60 Å². The molecular weight excluding hydrogens is 194 g/mol. The van der Waals surface area contributed by atoms with Crippen LogP contribution in [0.1, 0.15) is 40.5 Å². The standard InChI is InChI=1S/C11H21NO3/c1-8(13)9-6-5-7-12(9)10(14)15-11(2,3)4/h8-9,13H,5-7H2,1-4H3/t8-,9+/m1/s1. The molecule has 0 saturated carbocycles. The fraction of sp³-hybridized carbons (Fsp3) is 0.909. The molecule has 1 heterocycles. The maximum atomic E-state index is 11.8. The molecule has 4 nitrogen and oxygen atoms in total. The second kappa shape index (κ2) is 4.39. The molecule has 1 rings (SSSR count). The fourth-order valence-electron chi connectivity index (χ4n) is 1.84. The molecule has 1 aliphatic rings. The van der Waals surface area contributed by atoms with Gasteiger partial charge in [-0.2, -0.15) is 0 Å². The number of hydrogen-bond acceptors (Lipinski definition) is 3. The molecule has 0 spiro atoms. The van der Waals surface area contributed by atoms with E-state index in [1.165, 1.54) is 0 Å². The Morgan fingerprint density at radius 2 is 2.13 bits per heavy atom. The number of amides is 1. The second-order valence-electron chi connectivity index (χ2n) is 5.12. The zero-order valence-electron chi connectivity index (χ0n) is 9.99. The summed E-state index contributed by atoms with van der Waals surface area (Å²) in [7, 11) is 0. The smallest absolute Gasteiger partial charge is 0.410 e. The third-order valence-electron chi connectivity index (χ3n) is 2.48. The van der Waals surface area contributed by atoms with Crippen molar-refractivity contribution in [3.05, 3.63) is 0 Å². The lowest BCUT2D eigenvalue weighted by molar-refractivity contribution is 0.00801. The SMILES string of the molecule is C[C@@H](O)[C@@H]1CCCN1C(=O)OC(C)(C)C. The summed E-state index contributed by atoms with van der Waals surface area (Å²) in [5.41, 5.74) is -0.469. The van der Waals surface area contributed by atoms with Crippen LogP contribution in [0.4, 0.5) is 4.79 Å². The maximum absolute atomic E-state index is 11.8. The molecular formula is C11H21NO3. The number of ether oxygens (including phenoxy) is 1. The first kappa shape index (κ1) is 12.3. The van der Waals surface area contributed by atoms with E-state index in [0.717, 1.165) is 12.8 Å². The van der Waals surface area contributed by atoms with Crippen LogP contribution >= 0.6 is 0 Å². The largest absolute Gasteiger partial charge is 0.444 e. The van der Waals surface area contributed by atoms with Gasteiger partial charge in [-0.25, -0.2) is 4.79 Å². The lowest BCUT2D eigenvalue weighted by Gasteiger charge is -2.29. The summed E-state index contributed by atoms with van der Waals surface area (Å²) >= 11 is 0. The van der Waals surface area contributed by atoms with Gasteiger partial charge in [0.05, 0.1) is 12.1 Å². The van der Waals surface area contributed by atoms with Crippen molar-refractivity contribution in [2.45, 2.75) is 58.3 Å². The van der Waals surface area contributed by atoms with Gasteiger partial charge in [-0.15, -0.1) is 0 Å². The summed E-state index contributed by atoms with van der Waals surface area (Å²) in [6.45, 7) is 7.94. The van der Waals surface area contributed by atoms with Crippen molar-refractivity contribution in [1.82, 2.24) is 4.90 Å². The van der Waals surface area contributed by atoms with E-state index >= 15 is 0 Å². The van der Waals surface area contributed by atoms with Gasteiger partial charge in [-0.05, 0) is 40.5 Å². The van der Waals surface area contributed by atoms with Crippen molar-refractivity contribution in [3.8, 4) is 0 Å². The Balaban J connectivity index is 2.59. The Morgan fingerprint density at radius 1 is 1.53 bits per heavy atom. The molecule has 0 unspecified atom stereocenters. The highest BCUT2D eigenvalue weighted by Gasteiger charge is 2.34. The fourth-order valence-corrected chi connectivity index (χ4v) is 1.84. The van der Waals surface area contributed by atoms with Crippen molar-refractivity contribution in [3.63, 3.8) is 0 Å². The number of aliphatic hydroxyl groups is 1. The molecule has 1 N–H and O–H groups in total. The predicted molar refractivity (Wildman–Crippen MR) is 57.6 cm³/mol. The number of hydrogen-bond donors (Lipinski definition) is 1. The first-order valence-electron chi connectivity index (χ1n) is 5.49. The van der Waals surface area contributed by atoms with Crippen LogP contribution in [0.2, 0.25) is 0 Å². The van der Waals surface area contributed by atoms with Gasteiger partial charge >= 0.3 is 6.09 Å². The molecule has 0 aromatic rings. The number of nitrogens with zero attached hydrogens (tertiary/aromatic N) is 1. The summed E-state index contributed by atoms with van der Waals surface area (Å²) in [6.07, 6.45) is 0.997. The van der Waals surface area contributed by atoms with Crippen LogP contribution < -0.4 is 0 Å². The van der Waals surface area contributed by atoms with E-state index in [-0.39, 0.29) is 12.1 Å². The molecule has 1 amide bonds. The molecule has 0 radical (unpaired) electrons. The lowest BCUT2D eigenvalue weighted by atomic mass is 10.1. The minimum absolute atomic E-state index is 0.0835. The van der Waals surface area contributed by atoms with E-state index in [2.05, 4.69) is 0 Å². The van der Waals surface area contributed by atoms with E-state index in [9.17, 15) is 9.90 Å². The highest BCUT2D eigenvalue weighted by atomic mass is 16.6. The Kier molecular flexibility index (Phi) is 3.60. The van der Waals surface area contributed by atoms with Gasteiger partial charge in [0.15, 0.2) is 0 Å². The van der Waals surface area contributed by atoms with Crippen molar-refractivity contribution in [1.29, 1.82) is 0 Å². The Labute approximate surface area is 91.2 Å². The van der Waals surface area contributed by atoms with Gasteiger partial charge in [0, 0.05) is 6.54 Å². The van der Waals surface area contributed by atoms with E-state index < -0.39 is 11.7 Å². The Hall–Kier alpha value is -0.770. The summed E-state index contributed by atoms with van der Waals surface area (Å²) in [5.74, 6) is 0. The first-order valence-corrected chi connectivity index (χ1v) is 5.49. The van der Waals surface area contributed by atoms with E-state index in [0.29, 0.717) is 6.54 Å².